The fourth-order valence-corrected chi connectivity index (χ4v) is 3.18. The van der Waals surface area contributed by atoms with Gasteiger partial charge in [-0.15, -0.1) is 0 Å². The van der Waals surface area contributed by atoms with Crippen LogP contribution < -0.4 is 10.6 Å². The highest BCUT2D eigenvalue weighted by Crippen LogP contribution is 2.26. The highest BCUT2D eigenvalue weighted by atomic mass is 16.4. The summed E-state index contributed by atoms with van der Waals surface area (Å²) in [5.41, 5.74) is 0. The van der Waals surface area contributed by atoms with Crippen molar-refractivity contribution in [1.29, 1.82) is 0 Å². The van der Waals surface area contributed by atoms with Gasteiger partial charge in [-0.3, -0.25) is 4.79 Å². The standard InChI is InChI=1S/C14H24N2O3/c17-13(11-8-4-5-9-15-11)16-12(14(18)19)10-6-2-1-3-7-10/h10-12,15H,1-9H2,(H,16,17)(H,18,19)/t11-,12?/m1/s1. The Kier molecular flexibility index (Phi) is 5.19. The minimum absolute atomic E-state index is 0.0961. The van der Waals surface area contributed by atoms with E-state index in [1.165, 1.54) is 6.42 Å². The molecule has 5 nitrogen and oxygen atoms in total. The lowest BCUT2D eigenvalue weighted by Gasteiger charge is -2.30. The summed E-state index contributed by atoms with van der Waals surface area (Å²) in [4.78, 5) is 23.5. The Morgan fingerprint density at radius 2 is 1.74 bits per heavy atom. The number of carbonyl (C=O) groups excluding carboxylic acids is 1. The van der Waals surface area contributed by atoms with Crippen molar-refractivity contribution in [1.82, 2.24) is 10.6 Å². The van der Waals surface area contributed by atoms with Crippen LogP contribution in [0.15, 0.2) is 0 Å². The molecule has 2 rings (SSSR count). The molecule has 0 aromatic rings. The average Bonchev–Trinajstić information content (AvgIpc) is 2.46. The third-order valence-corrected chi connectivity index (χ3v) is 4.31. The molecular formula is C14H24N2O3. The highest BCUT2D eigenvalue weighted by Gasteiger charge is 2.32. The molecule has 1 saturated heterocycles. The number of nitrogens with one attached hydrogen (secondary N) is 2. The maximum Gasteiger partial charge on any atom is 0.326 e. The second kappa shape index (κ2) is 6.89. The topological polar surface area (TPSA) is 78.4 Å². The van der Waals surface area contributed by atoms with Crippen molar-refractivity contribution in [2.75, 3.05) is 6.54 Å². The fourth-order valence-electron chi connectivity index (χ4n) is 3.18. The van der Waals surface area contributed by atoms with Crippen LogP contribution in [0.25, 0.3) is 0 Å². The van der Waals surface area contributed by atoms with E-state index in [1.54, 1.807) is 0 Å². The fraction of sp³-hybridized carbons (Fsp3) is 0.857. The quantitative estimate of drug-likeness (QED) is 0.717. The van der Waals surface area contributed by atoms with Crippen LogP contribution in [0.3, 0.4) is 0 Å². The van der Waals surface area contributed by atoms with Crippen LogP contribution in [0.1, 0.15) is 51.4 Å². The SMILES string of the molecule is O=C(O)C(NC(=O)[C@H]1CCCCN1)C1CCCCC1. The number of carbonyl (C=O) groups is 2. The Labute approximate surface area is 114 Å². The number of piperidine rings is 1. The zero-order valence-electron chi connectivity index (χ0n) is 11.4. The Morgan fingerprint density at radius 1 is 1.05 bits per heavy atom. The Hall–Kier alpha value is -1.10. The first-order chi connectivity index (χ1) is 9.18. The van der Waals surface area contributed by atoms with Gasteiger partial charge in [0.1, 0.15) is 6.04 Å². The summed E-state index contributed by atoms with van der Waals surface area (Å²) in [6, 6.07) is -0.921. The lowest BCUT2D eigenvalue weighted by molar-refractivity contribution is -0.144. The Morgan fingerprint density at radius 3 is 2.32 bits per heavy atom. The van der Waals surface area contributed by atoms with Crippen molar-refractivity contribution in [3.63, 3.8) is 0 Å². The zero-order valence-corrected chi connectivity index (χ0v) is 11.4. The van der Waals surface area contributed by atoms with Gasteiger partial charge in [-0.2, -0.15) is 0 Å². The van der Waals surface area contributed by atoms with E-state index in [0.717, 1.165) is 51.5 Å². The van der Waals surface area contributed by atoms with Crippen molar-refractivity contribution < 1.29 is 14.7 Å². The lowest BCUT2D eigenvalue weighted by Crippen LogP contribution is -2.54. The first kappa shape index (κ1) is 14.3. The van der Waals surface area contributed by atoms with Gasteiger partial charge < -0.3 is 15.7 Å². The molecule has 1 aliphatic carbocycles. The molecule has 1 amide bonds. The molecule has 1 saturated carbocycles. The number of carboxylic acids is 1. The summed E-state index contributed by atoms with van der Waals surface area (Å²) in [5.74, 6) is -0.937. The molecule has 1 heterocycles. The maximum absolute atomic E-state index is 12.1. The van der Waals surface area contributed by atoms with Crippen molar-refractivity contribution in [2.24, 2.45) is 5.92 Å². The maximum atomic E-state index is 12.1. The second-order valence-corrected chi connectivity index (χ2v) is 5.73. The van der Waals surface area contributed by atoms with Gasteiger partial charge in [0.15, 0.2) is 0 Å². The van der Waals surface area contributed by atoms with E-state index >= 15 is 0 Å². The molecule has 0 aromatic heterocycles. The van der Waals surface area contributed by atoms with Crippen LogP contribution >= 0.6 is 0 Å². The van der Waals surface area contributed by atoms with Gasteiger partial charge in [-0.25, -0.2) is 4.79 Å². The summed E-state index contributed by atoms with van der Waals surface area (Å²) in [7, 11) is 0. The zero-order chi connectivity index (χ0) is 13.7. The van der Waals surface area contributed by atoms with Crippen molar-refractivity contribution in [3.05, 3.63) is 0 Å². The molecule has 2 aliphatic rings. The van der Waals surface area contributed by atoms with Crippen LogP contribution in [0.2, 0.25) is 0 Å². The predicted octanol–water partition coefficient (Wildman–Crippen LogP) is 1.28. The van der Waals surface area contributed by atoms with Crippen molar-refractivity contribution in [2.45, 2.75) is 63.5 Å². The van der Waals surface area contributed by atoms with Crippen LogP contribution in [0, 0.1) is 5.92 Å². The first-order valence-electron chi connectivity index (χ1n) is 7.45. The number of aliphatic carboxylic acids is 1. The smallest absolute Gasteiger partial charge is 0.326 e. The van der Waals surface area contributed by atoms with E-state index in [9.17, 15) is 14.7 Å². The molecule has 2 atom stereocenters. The van der Waals surface area contributed by atoms with Gasteiger partial charge in [0.25, 0.3) is 0 Å². The molecule has 2 fully saturated rings. The van der Waals surface area contributed by atoms with Gasteiger partial charge in [-0.1, -0.05) is 25.7 Å². The van der Waals surface area contributed by atoms with E-state index in [2.05, 4.69) is 10.6 Å². The highest BCUT2D eigenvalue weighted by molar-refractivity contribution is 5.87. The molecule has 0 aromatic carbocycles. The lowest BCUT2D eigenvalue weighted by atomic mass is 9.83. The molecule has 1 aliphatic heterocycles. The van der Waals surface area contributed by atoms with Crippen LogP contribution in [0.5, 0.6) is 0 Å². The monoisotopic (exact) mass is 268 g/mol. The molecule has 0 spiro atoms. The van der Waals surface area contributed by atoms with E-state index in [0.29, 0.717) is 0 Å². The molecule has 19 heavy (non-hydrogen) atoms. The molecule has 5 heteroatoms. The van der Waals surface area contributed by atoms with Crippen LogP contribution in [-0.4, -0.2) is 35.6 Å². The van der Waals surface area contributed by atoms with E-state index in [4.69, 9.17) is 0 Å². The first-order valence-corrected chi connectivity index (χ1v) is 7.45. The summed E-state index contributed by atoms with van der Waals surface area (Å²) in [5, 5.41) is 15.3. The molecule has 108 valence electrons. The number of amides is 1. The predicted molar refractivity (Wildman–Crippen MR) is 71.8 cm³/mol. The van der Waals surface area contributed by atoms with Crippen molar-refractivity contribution >= 4 is 11.9 Å². The van der Waals surface area contributed by atoms with Crippen LogP contribution in [0.4, 0.5) is 0 Å². The minimum Gasteiger partial charge on any atom is -0.480 e. The Balaban J connectivity index is 1.91. The summed E-state index contributed by atoms with van der Waals surface area (Å²) >= 11 is 0. The normalized spacial score (nSPS) is 26.6. The summed E-state index contributed by atoms with van der Waals surface area (Å²) in [6.07, 6.45) is 8.09. The number of rotatable bonds is 4. The van der Waals surface area contributed by atoms with Crippen molar-refractivity contribution in [3.8, 4) is 0 Å². The Bertz CT molecular complexity index is 321. The third-order valence-electron chi connectivity index (χ3n) is 4.31. The molecular weight excluding hydrogens is 244 g/mol. The number of hydrogen-bond donors (Lipinski definition) is 3. The van der Waals surface area contributed by atoms with Gasteiger partial charge >= 0.3 is 5.97 Å². The minimum atomic E-state index is -0.893. The van der Waals surface area contributed by atoms with Gasteiger partial charge in [-0.05, 0) is 38.1 Å². The second-order valence-electron chi connectivity index (χ2n) is 5.73. The van der Waals surface area contributed by atoms with E-state index < -0.39 is 12.0 Å². The average molecular weight is 268 g/mol. The number of carboxylic acid groups (broad SMARTS) is 1. The van der Waals surface area contributed by atoms with E-state index in [1.807, 2.05) is 0 Å². The summed E-state index contributed by atoms with van der Waals surface area (Å²) < 4.78 is 0. The number of hydrogen-bond acceptors (Lipinski definition) is 3. The molecule has 1 unspecified atom stereocenters. The van der Waals surface area contributed by atoms with Gasteiger partial charge in [0.2, 0.25) is 5.91 Å². The largest absolute Gasteiger partial charge is 0.480 e. The van der Waals surface area contributed by atoms with Crippen LogP contribution in [-0.2, 0) is 9.59 Å². The molecule has 3 N–H and O–H groups in total. The molecule has 0 bridgehead atoms. The van der Waals surface area contributed by atoms with Gasteiger partial charge in [0, 0.05) is 0 Å². The molecule has 0 radical (unpaired) electrons. The third kappa shape index (κ3) is 3.93. The summed E-state index contributed by atoms with van der Waals surface area (Å²) in [6.45, 7) is 0.846. The van der Waals surface area contributed by atoms with Gasteiger partial charge in [0.05, 0.1) is 6.04 Å². The van der Waals surface area contributed by atoms with E-state index in [-0.39, 0.29) is 17.9 Å².